The Hall–Kier alpha value is -0.100. The summed E-state index contributed by atoms with van der Waals surface area (Å²) in [7, 11) is 0. The van der Waals surface area contributed by atoms with Crippen LogP contribution in [0.2, 0.25) is 0 Å². The van der Waals surface area contributed by atoms with E-state index in [1.54, 1.807) is 0 Å². The lowest BCUT2D eigenvalue weighted by atomic mass is 10.1. The van der Waals surface area contributed by atoms with Crippen LogP contribution in [0.5, 0.6) is 0 Å². The molecular formula is C10H18BrClN4. The summed E-state index contributed by atoms with van der Waals surface area (Å²) in [6, 6.07) is 0.0992. The molecule has 1 unspecified atom stereocenters. The van der Waals surface area contributed by atoms with Gasteiger partial charge in [0.05, 0.1) is 22.4 Å². The van der Waals surface area contributed by atoms with Crippen LogP contribution in [0.1, 0.15) is 37.9 Å². The number of aromatic nitrogens is 2. The number of nitrogens with one attached hydrogen (secondary N) is 1. The standard InChI is InChI=1S/C10H18BrClN4/c1-2-6-16-10(8(11)7-14-16)9(15-13)4-3-5-12/h7,9,15H,2-6,13H2,1H3. The summed E-state index contributed by atoms with van der Waals surface area (Å²) in [4.78, 5) is 0. The van der Waals surface area contributed by atoms with Gasteiger partial charge < -0.3 is 0 Å². The number of halogens is 2. The second-order valence-electron chi connectivity index (χ2n) is 3.65. The van der Waals surface area contributed by atoms with Crippen LogP contribution in [-0.4, -0.2) is 15.7 Å². The van der Waals surface area contributed by atoms with Gasteiger partial charge in [-0.05, 0) is 35.2 Å². The van der Waals surface area contributed by atoms with E-state index in [2.05, 4.69) is 33.4 Å². The van der Waals surface area contributed by atoms with Crippen LogP contribution in [0.25, 0.3) is 0 Å². The predicted octanol–water partition coefficient (Wildman–Crippen LogP) is 2.58. The van der Waals surface area contributed by atoms with E-state index in [9.17, 15) is 0 Å². The SMILES string of the molecule is CCCn1ncc(Br)c1C(CCCCl)NN. The van der Waals surface area contributed by atoms with Crippen LogP contribution in [0.15, 0.2) is 10.7 Å². The highest BCUT2D eigenvalue weighted by atomic mass is 79.9. The van der Waals surface area contributed by atoms with Gasteiger partial charge in [0.2, 0.25) is 0 Å². The Balaban J connectivity index is 2.84. The van der Waals surface area contributed by atoms with Gasteiger partial charge >= 0.3 is 0 Å². The van der Waals surface area contributed by atoms with Crippen molar-refractivity contribution in [1.82, 2.24) is 15.2 Å². The number of hydrogen-bond donors (Lipinski definition) is 2. The molecule has 1 heterocycles. The Morgan fingerprint density at radius 2 is 2.44 bits per heavy atom. The third-order valence-corrected chi connectivity index (χ3v) is 3.30. The van der Waals surface area contributed by atoms with Crippen LogP contribution < -0.4 is 11.3 Å². The maximum Gasteiger partial charge on any atom is 0.0709 e. The van der Waals surface area contributed by atoms with Crippen LogP contribution in [0.4, 0.5) is 0 Å². The number of aryl methyl sites for hydroxylation is 1. The molecule has 92 valence electrons. The lowest BCUT2D eigenvalue weighted by Gasteiger charge is -2.17. The molecule has 0 aliphatic heterocycles. The summed E-state index contributed by atoms with van der Waals surface area (Å²) in [5, 5.41) is 4.32. The molecule has 0 radical (unpaired) electrons. The molecule has 6 heteroatoms. The number of hydrazine groups is 1. The number of nitrogens with zero attached hydrogens (tertiary/aromatic N) is 2. The van der Waals surface area contributed by atoms with Crippen LogP contribution in [-0.2, 0) is 6.54 Å². The Labute approximate surface area is 110 Å². The quantitative estimate of drug-likeness (QED) is 0.462. The number of nitrogens with two attached hydrogens (primary N) is 1. The molecule has 1 rings (SSSR count). The van der Waals surface area contributed by atoms with E-state index in [-0.39, 0.29) is 6.04 Å². The van der Waals surface area contributed by atoms with Crippen molar-refractivity contribution in [2.75, 3.05) is 5.88 Å². The van der Waals surface area contributed by atoms with Gasteiger partial charge in [-0.2, -0.15) is 5.10 Å². The summed E-state index contributed by atoms with van der Waals surface area (Å²) in [6.07, 6.45) is 4.71. The van der Waals surface area contributed by atoms with Crippen LogP contribution in [0, 0.1) is 0 Å². The molecule has 1 atom stereocenters. The first-order valence-corrected chi connectivity index (χ1v) is 6.80. The van der Waals surface area contributed by atoms with Gasteiger partial charge in [0, 0.05) is 12.4 Å². The summed E-state index contributed by atoms with van der Waals surface area (Å²) in [5.74, 6) is 6.23. The molecule has 3 N–H and O–H groups in total. The smallest absolute Gasteiger partial charge is 0.0709 e. The maximum atomic E-state index is 5.70. The monoisotopic (exact) mass is 308 g/mol. The highest BCUT2D eigenvalue weighted by Crippen LogP contribution is 2.26. The van der Waals surface area contributed by atoms with E-state index in [0.29, 0.717) is 5.88 Å². The van der Waals surface area contributed by atoms with Crippen molar-refractivity contribution in [1.29, 1.82) is 0 Å². The van der Waals surface area contributed by atoms with Crippen molar-refractivity contribution in [2.45, 2.75) is 38.8 Å². The molecule has 4 nitrogen and oxygen atoms in total. The zero-order chi connectivity index (χ0) is 12.0. The Morgan fingerprint density at radius 3 is 3.00 bits per heavy atom. The van der Waals surface area contributed by atoms with Crippen molar-refractivity contribution in [3.63, 3.8) is 0 Å². The highest BCUT2D eigenvalue weighted by Gasteiger charge is 2.18. The fourth-order valence-corrected chi connectivity index (χ4v) is 2.42. The molecular weight excluding hydrogens is 291 g/mol. The van der Waals surface area contributed by atoms with Gasteiger partial charge in [-0.3, -0.25) is 16.0 Å². The normalized spacial score (nSPS) is 13.0. The number of rotatable bonds is 7. The Morgan fingerprint density at radius 1 is 1.69 bits per heavy atom. The first kappa shape index (κ1) is 14.0. The Bertz CT molecular complexity index is 316. The molecule has 0 saturated carbocycles. The van der Waals surface area contributed by atoms with Gasteiger partial charge in [-0.25, -0.2) is 0 Å². The van der Waals surface area contributed by atoms with Crippen LogP contribution in [0.3, 0.4) is 0 Å². The van der Waals surface area contributed by atoms with E-state index in [1.165, 1.54) is 0 Å². The topological polar surface area (TPSA) is 55.9 Å². The molecule has 0 bridgehead atoms. The molecule has 1 aromatic rings. The van der Waals surface area contributed by atoms with E-state index in [1.807, 2.05) is 10.9 Å². The molecule has 0 aliphatic rings. The second kappa shape index (κ2) is 7.27. The molecule has 0 amide bonds. The fraction of sp³-hybridized carbons (Fsp3) is 0.700. The average molecular weight is 310 g/mol. The minimum atomic E-state index is 0.0992. The fourth-order valence-electron chi connectivity index (χ4n) is 1.69. The molecule has 0 aromatic carbocycles. The predicted molar refractivity (Wildman–Crippen MR) is 70.2 cm³/mol. The molecule has 0 spiro atoms. The zero-order valence-corrected chi connectivity index (χ0v) is 11.8. The van der Waals surface area contributed by atoms with E-state index in [0.717, 1.165) is 36.0 Å². The van der Waals surface area contributed by atoms with Crippen molar-refractivity contribution >= 4 is 27.5 Å². The number of alkyl halides is 1. The minimum Gasteiger partial charge on any atom is -0.271 e. The van der Waals surface area contributed by atoms with E-state index in [4.69, 9.17) is 17.4 Å². The molecule has 16 heavy (non-hydrogen) atoms. The van der Waals surface area contributed by atoms with Gasteiger partial charge in [-0.1, -0.05) is 6.92 Å². The third-order valence-electron chi connectivity index (χ3n) is 2.43. The first-order chi connectivity index (χ1) is 7.74. The van der Waals surface area contributed by atoms with Crippen molar-refractivity contribution in [3.05, 3.63) is 16.4 Å². The van der Waals surface area contributed by atoms with Crippen molar-refractivity contribution in [3.8, 4) is 0 Å². The summed E-state index contributed by atoms with van der Waals surface area (Å²) < 4.78 is 2.99. The van der Waals surface area contributed by atoms with E-state index >= 15 is 0 Å². The zero-order valence-electron chi connectivity index (χ0n) is 9.42. The van der Waals surface area contributed by atoms with Gasteiger partial charge in [0.25, 0.3) is 0 Å². The van der Waals surface area contributed by atoms with Gasteiger partial charge in [0.1, 0.15) is 0 Å². The summed E-state index contributed by atoms with van der Waals surface area (Å²) in [6.45, 7) is 3.03. The lowest BCUT2D eigenvalue weighted by Crippen LogP contribution is -2.30. The summed E-state index contributed by atoms with van der Waals surface area (Å²) >= 11 is 9.21. The van der Waals surface area contributed by atoms with Crippen molar-refractivity contribution < 1.29 is 0 Å². The molecule has 0 fully saturated rings. The lowest BCUT2D eigenvalue weighted by molar-refractivity contribution is 0.453. The van der Waals surface area contributed by atoms with Gasteiger partial charge in [-0.15, -0.1) is 11.6 Å². The van der Waals surface area contributed by atoms with Gasteiger partial charge in [0.15, 0.2) is 0 Å². The maximum absolute atomic E-state index is 5.70. The highest BCUT2D eigenvalue weighted by molar-refractivity contribution is 9.10. The largest absolute Gasteiger partial charge is 0.271 e. The Kier molecular flexibility index (Phi) is 6.34. The number of hydrogen-bond acceptors (Lipinski definition) is 3. The van der Waals surface area contributed by atoms with Crippen LogP contribution >= 0.6 is 27.5 Å². The molecule has 1 aromatic heterocycles. The average Bonchev–Trinajstić information content (AvgIpc) is 2.63. The van der Waals surface area contributed by atoms with E-state index < -0.39 is 0 Å². The summed E-state index contributed by atoms with van der Waals surface area (Å²) in [5.41, 5.74) is 3.94. The molecule has 0 saturated heterocycles. The molecule has 0 aliphatic carbocycles. The second-order valence-corrected chi connectivity index (χ2v) is 4.88. The third kappa shape index (κ3) is 3.45. The minimum absolute atomic E-state index is 0.0992. The van der Waals surface area contributed by atoms with Crippen molar-refractivity contribution in [2.24, 2.45) is 5.84 Å². The first-order valence-electron chi connectivity index (χ1n) is 5.47.